The number of esters is 1. The highest BCUT2D eigenvalue weighted by molar-refractivity contribution is 7.10. The molecule has 35 heavy (non-hydrogen) atoms. The highest BCUT2D eigenvalue weighted by atomic mass is 32.1. The van der Waals surface area contributed by atoms with Crippen molar-refractivity contribution in [3.8, 4) is 11.5 Å². The summed E-state index contributed by atoms with van der Waals surface area (Å²) in [5.74, 6) is 0.0105. The van der Waals surface area contributed by atoms with Gasteiger partial charge in [-0.25, -0.2) is 4.79 Å². The van der Waals surface area contributed by atoms with Gasteiger partial charge in [-0.05, 0) is 43.0 Å². The molecule has 1 N–H and O–H groups in total. The Bertz CT molecular complexity index is 1140. The van der Waals surface area contributed by atoms with E-state index in [9.17, 15) is 9.59 Å². The highest BCUT2D eigenvalue weighted by Gasteiger charge is 2.45. The zero-order chi connectivity index (χ0) is 24.9. The van der Waals surface area contributed by atoms with E-state index in [1.54, 1.807) is 25.6 Å². The fourth-order valence-corrected chi connectivity index (χ4v) is 5.69. The van der Waals surface area contributed by atoms with E-state index < -0.39 is 11.9 Å². The first kappa shape index (κ1) is 25.0. The van der Waals surface area contributed by atoms with Gasteiger partial charge in [-0.2, -0.15) is 0 Å². The lowest BCUT2D eigenvalue weighted by Crippen LogP contribution is -2.41. The number of carbonyl (C=O) groups is 2. The SMILES string of the molecule is CCOc1ccc(C2C=C3NC(C)=C(C(=O)OCCOC)C(c4cccs4)C3C(=O)C2)cc1OC. The molecule has 1 aliphatic carbocycles. The quantitative estimate of drug-likeness (QED) is 0.402. The standard InChI is InChI=1S/C27H31NO6S/c1-5-33-21-9-8-17(15-22(21)32-4)18-13-19-25(20(29)14-18)26(23-7-6-12-35-23)24(16(2)28-19)27(30)34-11-10-31-3/h6-9,12-13,15,18,25-26,28H,5,10-11,14H2,1-4H3. The van der Waals surface area contributed by atoms with Crippen LogP contribution in [0.1, 0.15) is 42.5 Å². The van der Waals surface area contributed by atoms with Crippen LogP contribution in [-0.4, -0.2) is 45.8 Å². The van der Waals surface area contributed by atoms with E-state index in [1.807, 2.05) is 49.6 Å². The predicted octanol–water partition coefficient (Wildman–Crippen LogP) is 4.56. The Morgan fingerprint density at radius 3 is 2.66 bits per heavy atom. The number of methoxy groups -OCH3 is 2. The molecule has 0 spiro atoms. The lowest BCUT2D eigenvalue weighted by atomic mass is 9.70. The molecule has 4 rings (SSSR count). The van der Waals surface area contributed by atoms with Crippen molar-refractivity contribution in [1.82, 2.24) is 5.32 Å². The molecular weight excluding hydrogens is 466 g/mol. The van der Waals surface area contributed by atoms with Gasteiger partial charge >= 0.3 is 5.97 Å². The van der Waals surface area contributed by atoms with Crippen molar-refractivity contribution in [3.05, 3.63) is 69.2 Å². The van der Waals surface area contributed by atoms with E-state index in [1.165, 1.54) is 0 Å². The van der Waals surface area contributed by atoms with Crippen molar-refractivity contribution in [2.24, 2.45) is 5.92 Å². The van der Waals surface area contributed by atoms with Gasteiger partial charge in [0, 0.05) is 41.6 Å². The predicted molar refractivity (Wildman–Crippen MR) is 134 cm³/mol. The van der Waals surface area contributed by atoms with Gasteiger partial charge in [-0.1, -0.05) is 18.2 Å². The molecule has 3 unspecified atom stereocenters. The van der Waals surface area contributed by atoms with Crippen LogP contribution in [0.15, 0.2) is 58.8 Å². The van der Waals surface area contributed by atoms with Crippen molar-refractivity contribution in [2.45, 2.75) is 32.1 Å². The molecule has 8 heteroatoms. The number of thiophene rings is 1. The lowest BCUT2D eigenvalue weighted by molar-refractivity contribution is -0.141. The van der Waals surface area contributed by atoms with E-state index in [-0.39, 0.29) is 24.2 Å². The number of ketones is 1. The molecule has 1 aromatic heterocycles. The molecule has 0 radical (unpaired) electrons. The smallest absolute Gasteiger partial charge is 0.336 e. The highest BCUT2D eigenvalue weighted by Crippen LogP contribution is 2.47. The van der Waals surface area contributed by atoms with Gasteiger partial charge < -0.3 is 24.3 Å². The zero-order valence-corrected chi connectivity index (χ0v) is 21.3. The van der Waals surface area contributed by atoms with Gasteiger partial charge in [-0.15, -0.1) is 11.3 Å². The summed E-state index contributed by atoms with van der Waals surface area (Å²) in [7, 11) is 3.17. The second-order valence-corrected chi connectivity index (χ2v) is 9.48. The first-order chi connectivity index (χ1) is 17.0. The molecule has 3 atom stereocenters. The van der Waals surface area contributed by atoms with Crippen LogP contribution >= 0.6 is 11.3 Å². The minimum atomic E-state index is -0.469. The molecule has 0 bridgehead atoms. The number of rotatable bonds is 9. The van der Waals surface area contributed by atoms with E-state index in [4.69, 9.17) is 18.9 Å². The number of fused-ring (bicyclic) bond motifs is 1. The first-order valence-electron chi connectivity index (χ1n) is 11.7. The summed E-state index contributed by atoms with van der Waals surface area (Å²) in [6.45, 7) is 4.80. The molecule has 0 fully saturated rings. The third-order valence-corrected chi connectivity index (χ3v) is 7.33. The Kier molecular flexibility index (Phi) is 7.93. The van der Waals surface area contributed by atoms with Crippen LogP contribution < -0.4 is 14.8 Å². The Labute approximate surface area is 209 Å². The zero-order valence-electron chi connectivity index (χ0n) is 20.5. The average Bonchev–Trinajstić information content (AvgIpc) is 3.38. The van der Waals surface area contributed by atoms with Crippen LogP contribution in [0.25, 0.3) is 0 Å². The topological polar surface area (TPSA) is 83.1 Å². The minimum Gasteiger partial charge on any atom is -0.493 e. The number of ether oxygens (including phenoxy) is 4. The van der Waals surface area contributed by atoms with Crippen molar-refractivity contribution in [3.63, 3.8) is 0 Å². The molecule has 0 saturated heterocycles. The summed E-state index contributed by atoms with van der Waals surface area (Å²) >= 11 is 1.54. The molecular formula is C27H31NO6S. The Morgan fingerprint density at radius 2 is 1.97 bits per heavy atom. The van der Waals surface area contributed by atoms with Crippen LogP contribution in [-0.2, 0) is 19.1 Å². The molecule has 0 amide bonds. The number of nitrogens with one attached hydrogen (secondary N) is 1. The minimum absolute atomic E-state index is 0.0842. The van der Waals surface area contributed by atoms with Crippen molar-refractivity contribution in [1.29, 1.82) is 0 Å². The maximum atomic E-state index is 13.7. The Morgan fingerprint density at radius 1 is 1.14 bits per heavy atom. The summed E-state index contributed by atoms with van der Waals surface area (Å²) in [5.41, 5.74) is 3.00. The summed E-state index contributed by atoms with van der Waals surface area (Å²) in [4.78, 5) is 27.7. The molecule has 1 aromatic carbocycles. The monoisotopic (exact) mass is 497 g/mol. The van der Waals surface area contributed by atoms with Gasteiger partial charge in [0.2, 0.25) is 0 Å². The number of benzene rings is 1. The molecule has 0 saturated carbocycles. The summed E-state index contributed by atoms with van der Waals surface area (Å²) in [6.07, 6.45) is 2.44. The van der Waals surface area contributed by atoms with E-state index in [0.717, 1.165) is 16.1 Å². The van der Waals surface area contributed by atoms with Crippen molar-refractivity contribution in [2.75, 3.05) is 34.0 Å². The van der Waals surface area contributed by atoms with Crippen molar-refractivity contribution >= 4 is 23.1 Å². The molecule has 2 aromatic rings. The average molecular weight is 498 g/mol. The van der Waals surface area contributed by atoms with Gasteiger partial charge in [-0.3, -0.25) is 4.79 Å². The third-order valence-electron chi connectivity index (χ3n) is 6.37. The Balaban J connectivity index is 1.71. The van der Waals surface area contributed by atoms with Gasteiger partial charge in [0.25, 0.3) is 0 Å². The summed E-state index contributed by atoms with van der Waals surface area (Å²) in [5, 5.41) is 5.32. The van der Waals surface area contributed by atoms with Crippen LogP contribution in [0, 0.1) is 5.92 Å². The molecule has 2 aliphatic rings. The lowest BCUT2D eigenvalue weighted by Gasteiger charge is -2.39. The number of carbonyl (C=O) groups excluding carboxylic acids is 2. The maximum absolute atomic E-state index is 13.7. The fraction of sp³-hybridized carbons (Fsp3) is 0.407. The van der Waals surface area contributed by atoms with Crippen LogP contribution in [0.5, 0.6) is 11.5 Å². The number of hydrogen-bond donors (Lipinski definition) is 1. The molecule has 1 aliphatic heterocycles. The number of Topliss-reactive ketones (excluding diaryl/α,β-unsaturated/α-hetero) is 1. The van der Waals surface area contributed by atoms with Crippen molar-refractivity contribution < 1.29 is 28.5 Å². The second kappa shape index (κ2) is 11.1. The number of hydrogen-bond acceptors (Lipinski definition) is 8. The summed E-state index contributed by atoms with van der Waals surface area (Å²) < 4.78 is 21.6. The number of allylic oxidation sites excluding steroid dienone is 3. The van der Waals surface area contributed by atoms with Gasteiger partial charge in [0.15, 0.2) is 11.5 Å². The maximum Gasteiger partial charge on any atom is 0.336 e. The third kappa shape index (κ3) is 5.13. The largest absolute Gasteiger partial charge is 0.493 e. The van der Waals surface area contributed by atoms with E-state index >= 15 is 0 Å². The van der Waals surface area contributed by atoms with Crippen LogP contribution in [0.2, 0.25) is 0 Å². The van der Waals surface area contributed by atoms with E-state index in [2.05, 4.69) is 11.4 Å². The first-order valence-corrected chi connectivity index (χ1v) is 12.6. The van der Waals surface area contributed by atoms with Gasteiger partial charge in [0.05, 0.1) is 31.8 Å². The molecule has 186 valence electrons. The molecule has 7 nitrogen and oxygen atoms in total. The van der Waals surface area contributed by atoms with Crippen LogP contribution in [0.4, 0.5) is 0 Å². The summed E-state index contributed by atoms with van der Waals surface area (Å²) in [6, 6.07) is 9.71. The fourth-order valence-electron chi connectivity index (χ4n) is 4.82. The second-order valence-electron chi connectivity index (χ2n) is 8.51. The Hall–Kier alpha value is -3.10. The van der Waals surface area contributed by atoms with E-state index in [0.29, 0.717) is 42.4 Å². The van der Waals surface area contributed by atoms with Gasteiger partial charge in [0.1, 0.15) is 12.4 Å². The van der Waals surface area contributed by atoms with Crippen LogP contribution in [0.3, 0.4) is 0 Å². The normalized spacial score (nSPS) is 21.7. The molecule has 2 heterocycles.